The van der Waals surface area contributed by atoms with Crippen LogP contribution in [0.5, 0.6) is 0 Å². The Morgan fingerprint density at radius 2 is 2.03 bits per heavy atom. The first kappa shape index (κ1) is 18.4. The van der Waals surface area contributed by atoms with E-state index in [-0.39, 0.29) is 11.6 Å². The Labute approximate surface area is 175 Å². The average molecular weight is 420 g/mol. The van der Waals surface area contributed by atoms with Crippen LogP contribution in [-0.2, 0) is 0 Å². The molecule has 0 aliphatic carbocycles. The third-order valence-electron chi connectivity index (χ3n) is 5.04. The zero-order valence-corrected chi connectivity index (χ0v) is 16.7. The number of nitro groups is 1. The van der Waals surface area contributed by atoms with Crippen LogP contribution in [0.4, 0.5) is 17.1 Å². The van der Waals surface area contributed by atoms with Crippen LogP contribution in [0.25, 0.3) is 11.3 Å². The summed E-state index contributed by atoms with van der Waals surface area (Å²) in [6.07, 6.45) is 0. The lowest BCUT2D eigenvalue weighted by Gasteiger charge is -2.13. The molecule has 9 heteroatoms. The first-order valence-corrected chi connectivity index (χ1v) is 10.1. The number of aliphatic imine (C=N–C) groups is 1. The zero-order valence-electron chi connectivity index (χ0n) is 15.9. The number of fused-ring (bicyclic) bond motifs is 3. The number of carbonyl (C=O) groups excluding carboxylic acids is 1. The van der Waals surface area contributed by atoms with Gasteiger partial charge in [-0.1, -0.05) is 0 Å². The molecule has 0 atom stereocenters. The van der Waals surface area contributed by atoms with Crippen molar-refractivity contribution in [2.75, 3.05) is 23.3 Å². The second-order valence-corrected chi connectivity index (χ2v) is 7.95. The van der Waals surface area contributed by atoms with Gasteiger partial charge in [0.25, 0.3) is 11.6 Å². The molecule has 0 bridgehead atoms. The van der Waals surface area contributed by atoms with Crippen LogP contribution in [-0.4, -0.2) is 29.1 Å². The molecule has 2 aliphatic heterocycles. The maximum atomic E-state index is 12.8. The Bertz CT molecular complexity index is 1220. The molecule has 2 aliphatic rings. The van der Waals surface area contributed by atoms with Gasteiger partial charge in [0.1, 0.15) is 11.5 Å². The fourth-order valence-electron chi connectivity index (χ4n) is 3.52. The highest BCUT2D eigenvalue weighted by Gasteiger charge is 2.29. The van der Waals surface area contributed by atoms with Crippen molar-refractivity contribution in [3.63, 3.8) is 0 Å². The lowest BCUT2D eigenvalue weighted by molar-refractivity contribution is -0.384. The van der Waals surface area contributed by atoms with Crippen molar-refractivity contribution in [3.05, 3.63) is 70.0 Å². The number of nitrogens with one attached hydrogen (secondary N) is 1. The first-order chi connectivity index (χ1) is 14.5. The Hall–Kier alpha value is -3.59. The van der Waals surface area contributed by atoms with E-state index in [1.807, 2.05) is 18.2 Å². The standard InChI is InChI=1S/C21H16N4O4S/c1-12-16(11-18(29-12)13-2-5-15(6-3-13)25(27)28)20(26)23-14-4-7-19-17(10-14)24-9-8-22-21(24)30-19/h2-7,10-11H,8-9H2,1H3,(H,23,26). The summed E-state index contributed by atoms with van der Waals surface area (Å²) in [4.78, 5) is 31.0. The van der Waals surface area contributed by atoms with E-state index in [0.29, 0.717) is 28.3 Å². The van der Waals surface area contributed by atoms with Crippen molar-refractivity contribution < 1.29 is 14.1 Å². The molecule has 0 spiro atoms. The fraction of sp³-hybridized carbons (Fsp3) is 0.143. The topological polar surface area (TPSA) is 101 Å². The number of amides is 1. The van der Waals surface area contributed by atoms with Crippen LogP contribution in [0.1, 0.15) is 16.1 Å². The predicted octanol–water partition coefficient (Wildman–Crippen LogP) is 4.70. The summed E-state index contributed by atoms with van der Waals surface area (Å²) >= 11 is 1.64. The number of nitrogens with zero attached hydrogens (tertiary/aromatic N) is 3. The highest BCUT2D eigenvalue weighted by molar-refractivity contribution is 8.14. The number of anilines is 2. The van der Waals surface area contributed by atoms with E-state index in [4.69, 9.17) is 4.42 Å². The Morgan fingerprint density at radius 3 is 2.80 bits per heavy atom. The van der Waals surface area contributed by atoms with Crippen LogP contribution in [0.15, 0.2) is 62.8 Å². The molecule has 30 heavy (non-hydrogen) atoms. The second-order valence-electron chi connectivity index (χ2n) is 6.94. The van der Waals surface area contributed by atoms with Crippen molar-refractivity contribution in [3.8, 4) is 11.3 Å². The predicted molar refractivity (Wildman–Crippen MR) is 115 cm³/mol. The molecular weight excluding hydrogens is 404 g/mol. The SMILES string of the molecule is Cc1oc(-c2ccc([N+](=O)[O-])cc2)cc1C(=O)Nc1ccc2c(c1)N1CCN=C1S2. The van der Waals surface area contributed by atoms with Crippen molar-refractivity contribution in [2.24, 2.45) is 4.99 Å². The van der Waals surface area contributed by atoms with Crippen LogP contribution >= 0.6 is 11.8 Å². The molecule has 1 amide bonds. The second kappa shape index (κ2) is 7.03. The van der Waals surface area contributed by atoms with E-state index in [0.717, 1.165) is 28.8 Å². The van der Waals surface area contributed by atoms with Gasteiger partial charge in [-0.3, -0.25) is 19.9 Å². The molecule has 0 fully saturated rings. The van der Waals surface area contributed by atoms with E-state index >= 15 is 0 Å². The number of non-ortho nitro benzene ring substituents is 1. The normalized spacial score (nSPS) is 14.3. The number of hydrogen-bond donors (Lipinski definition) is 1. The number of thioether (sulfide) groups is 1. The van der Waals surface area contributed by atoms with E-state index < -0.39 is 4.92 Å². The number of nitro benzene ring substituents is 1. The highest BCUT2D eigenvalue weighted by atomic mass is 32.2. The van der Waals surface area contributed by atoms with Gasteiger partial charge >= 0.3 is 0 Å². The van der Waals surface area contributed by atoms with Gasteiger partial charge in [-0.2, -0.15) is 0 Å². The maximum Gasteiger partial charge on any atom is 0.269 e. The number of hydrogen-bond acceptors (Lipinski definition) is 7. The summed E-state index contributed by atoms with van der Waals surface area (Å²) in [6.45, 7) is 3.36. The number of aryl methyl sites for hydroxylation is 1. The highest BCUT2D eigenvalue weighted by Crippen LogP contribution is 2.43. The lowest BCUT2D eigenvalue weighted by Crippen LogP contribution is -2.21. The summed E-state index contributed by atoms with van der Waals surface area (Å²) in [5.74, 6) is 0.688. The number of furan rings is 1. The van der Waals surface area contributed by atoms with Gasteiger partial charge in [-0.05, 0) is 55.1 Å². The van der Waals surface area contributed by atoms with Gasteiger partial charge in [0, 0.05) is 34.8 Å². The van der Waals surface area contributed by atoms with Gasteiger partial charge in [0.05, 0.1) is 22.7 Å². The van der Waals surface area contributed by atoms with Crippen LogP contribution in [0.2, 0.25) is 0 Å². The molecule has 8 nitrogen and oxygen atoms in total. The number of carbonyl (C=O) groups is 1. The maximum absolute atomic E-state index is 12.8. The van der Waals surface area contributed by atoms with Gasteiger partial charge < -0.3 is 14.6 Å². The van der Waals surface area contributed by atoms with Gasteiger partial charge in [-0.15, -0.1) is 0 Å². The average Bonchev–Trinajstić information content (AvgIpc) is 3.42. The van der Waals surface area contributed by atoms with Gasteiger partial charge in [0.15, 0.2) is 5.17 Å². The molecule has 3 heterocycles. The first-order valence-electron chi connectivity index (χ1n) is 9.30. The third kappa shape index (κ3) is 3.13. The van der Waals surface area contributed by atoms with Crippen molar-refractivity contribution in [2.45, 2.75) is 11.8 Å². The molecule has 0 radical (unpaired) electrons. The number of benzene rings is 2. The summed E-state index contributed by atoms with van der Waals surface area (Å²) in [5.41, 5.74) is 2.84. The molecule has 1 aromatic heterocycles. The van der Waals surface area contributed by atoms with E-state index in [9.17, 15) is 14.9 Å². The molecule has 5 rings (SSSR count). The van der Waals surface area contributed by atoms with Crippen LogP contribution in [0.3, 0.4) is 0 Å². The summed E-state index contributed by atoms with van der Waals surface area (Å²) in [7, 11) is 0. The van der Waals surface area contributed by atoms with Crippen molar-refractivity contribution in [1.82, 2.24) is 0 Å². The van der Waals surface area contributed by atoms with Crippen molar-refractivity contribution >= 4 is 39.9 Å². The summed E-state index contributed by atoms with van der Waals surface area (Å²) in [5, 5.41) is 14.8. The number of rotatable bonds is 4. The Balaban J connectivity index is 1.37. The van der Waals surface area contributed by atoms with Crippen LogP contribution in [0, 0.1) is 17.0 Å². The summed E-state index contributed by atoms with van der Waals surface area (Å²) in [6, 6.07) is 13.5. The molecule has 0 saturated heterocycles. The molecule has 1 N–H and O–H groups in total. The van der Waals surface area contributed by atoms with Crippen LogP contribution < -0.4 is 10.2 Å². The van der Waals surface area contributed by atoms with E-state index in [1.165, 1.54) is 12.1 Å². The van der Waals surface area contributed by atoms with E-state index in [1.54, 1.807) is 36.9 Å². The largest absolute Gasteiger partial charge is 0.461 e. The third-order valence-corrected chi connectivity index (χ3v) is 6.13. The monoisotopic (exact) mass is 420 g/mol. The Morgan fingerprint density at radius 1 is 1.23 bits per heavy atom. The quantitative estimate of drug-likeness (QED) is 0.485. The number of amidine groups is 1. The molecule has 3 aromatic rings. The van der Waals surface area contributed by atoms with E-state index in [2.05, 4.69) is 15.2 Å². The minimum atomic E-state index is -0.456. The van der Waals surface area contributed by atoms with Crippen molar-refractivity contribution in [1.29, 1.82) is 0 Å². The molecule has 0 saturated carbocycles. The van der Waals surface area contributed by atoms with Gasteiger partial charge in [-0.25, -0.2) is 0 Å². The molecule has 0 unspecified atom stereocenters. The molecule has 150 valence electrons. The minimum Gasteiger partial charge on any atom is -0.461 e. The fourth-order valence-corrected chi connectivity index (χ4v) is 4.59. The van der Waals surface area contributed by atoms with Gasteiger partial charge in [0.2, 0.25) is 0 Å². The lowest BCUT2D eigenvalue weighted by atomic mass is 10.1. The smallest absolute Gasteiger partial charge is 0.269 e. The minimum absolute atomic E-state index is 0.000900. The summed E-state index contributed by atoms with van der Waals surface area (Å²) < 4.78 is 5.73. The molecular formula is C21H16N4O4S. The molecule has 2 aromatic carbocycles. The zero-order chi connectivity index (χ0) is 20.8. The Kier molecular flexibility index (Phi) is 4.32.